The van der Waals surface area contributed by atoms with E-state index in [0.717, 1.165) is 0 Å². The topological polar surface area (TPSA) is 55.2 Å². The van der Waals surface area contributed by atoms with Gasteiger partial charge in [0, 0.05) is 18.3 Å². The average molecular weight is 291 g/mol. The van der Waals surface area contributed by atoms with Crippen LogP contribution in [-0.2, 0) is 6.54 Å². The summed E-state index contributed by atoms with van der Waals surface area (Å²) < 4.78 is 0. The van der Waals surface area contributed by atoms with E-state index >= 15 is 0 Å². The molecule has 0 radical (unpaired) electrons. The first kappa shape index (κ1) is 14.3. The molecule has 0 amide bonds. The molecule has 5 heteroatoms. The van der Waals surface area contributed by atoms with E-state index in [-0.39, 0.29) is 10.7 Å². The zero-order valence-corrected chi connectivity index (χ0v) is 12.1. The molecule has 0 unspecified atom stereocenters. The van der Waals surface area contributed by atoms with Crippen LogP contribution in [0.3, 0.4) is 0 Å². The molecule has 0 aromatic heterocycles. The Balaban J connectivity index is 2.17. The summed E-state index contributed by atoms with van der Waals surface area (Å²) in [6.45, 7) is 4.70. The van der Waals surface area contributed by atoms with Gasteiger partial charge in [0.25, 0.3) is 5.69 Å². The van der Waals surface area contributed by atoms with Crippen LogP contribution in [0.5, 0.6) is 0 Å². The Morgan fingerprint density at radius 1 is 1.20 bits per heavy atom. The van der Waals surface area contributed by atoms with Crippen molar-refractivity contribution in [3.63, 3.8) is 0 Å². The predicted octanol–water partition coefficient (Wildman–Crippen LogP) is 4.48. The summed E-state index contributed by atoms with van der Waals surface area (Å²) in [6.07, 6.45) is 0. The van der Waals surface area contributed by atoms with Crippen molar-refractivity contribution in [2.24, 2.45) is 0 Å². The van der Waals surface area contributed by atoms with Crippen LogP contribution in [0.25, 0.3) is 0 Å². The number of hydrogen-bond donors (Lipinski definition) is 1. The predicted molar refractivity (Wildman–Crippen MR) is 81.3 cm³/mol. The molecule has 0 aliphatic heterocycles. The van der Waals surface area contributed by atoms with E-state index in [2.05, 4.69) is 23.5 Å². The van der Waals surface area contributed by atoms with E-state index < -0.39 is 4.92 Å². The number of nitro groups is 1. The van der Waals surface area contributed by atoms with E-state index in [1.54, 1.807) is 6.07 Å². The van der Waals surface area contributed by atoms with E-state index in [1.807, 2.05) is 13.8 Å². The highest BCUT2D eigenvalue weighted by molar-refractivity contribution is 6.32. The van der Waals surface area contributed by atoms with Gasteiger partial charge in [0.2, 0.25) is 0 Å². The summed E-state index contributed by atoms with van der Waals surface area (Å²) in [4.78, 5) is 10.4. The van der Waals surface area contributed by atoms with Gasteiger partial charge in [0.05, 0.1) is 4.92 Å². The van der Waals surface area contributed by atoms with Gasteiger partial charge in [0.15, 0.2) is 0 Å². The third-order valence-corrected chi connectivity index (χ3v) is 3.45. The van der Waals surface area contributed by atoms with E-state index in [4.69, 9.17) is 11.6 Å². The van der Waals surface area contributed by atoms with E-state index in [0.29, 0.717) is 12.2 Å². The molecule has 0 bridgehead atoms. The Morgan fingerprint density at radius 2 is 1.95 bits per heavy atom. The van der Waals surface area contributed by atoms with E-state index in [1.165, 1.54) is 28.8 Å². The van der Waals surface area contributed by atoms with Crippen LogP contribution in [0.4, 0.5) is 11.4 Å². The van der Waals surface area contributed by atoms with Gasteiger partial charge in [0.1, 0.15) is 5.02 Å². The van der Waals surface area contributed by atoms with Gasteiger partial charge in [-0.25, -0.2) is 0 Å². The van der Waals surface area contributed by atoms with Gasteiger partial charge < -0.3 is 5.32 Å². The van der Waals surface area contributed by atoms with Crippen molar-refractivity contribution in [3.05, 3.63) is 68.2 Å². The highest BCUT2D eigenvalue weighted by Crippen LogP contribution is 2.27. The minimum atomic E-state index is -0.481. The van der Waals surface area contributed by atoms with Gasteiger partial charge in [-0.05, 0) is 37.1 Å². The first-order valence-corrected chi connectivity index (χ1v) is 6.59. The first-order valence-electron chi connectivity index (χ1n) is 6.21. The molecule has 0 aliphatic carbocycles. The second kappa shape index (κ2) is 5.92. The van der Waals surface area contributed by atoms with Gasteiger partial charge in [-0.3, -0.25) is 10.1 Å². The molecule has 0 saturated carbocycles. The summed E-state index contributed by atoms with van der Waals surface area (Å²) >= 11 is 5.78. The van der Waals surface area contributed by atoms with Crippen LogP contribution >= 0.6 is 11.6 Å². The zero-order valence-electron chi connectivity index (χ0n) is 11.3. The average Bonchev–Trinajstić information content (AvgIpc) is 2.41. The molecule has 0 atom stereocenters. The second-order valence-electron chi connectivity index (χ2n) is 4.71. The first-order chi connectivity index (χ1) is 9.47. The number of hydrogen-bond acceptors (Lipinski definition) is 3. The van der Waals surface area contributed by atoms with Crippen molar-refractivity contribution in [1.29, 1.82) is 0 Å². The SMILES string of the molecule is Cc1ccc(C)c(CNc2ccc(Cl)c([N+](=O)[O-])c2)c1. The number of nitro benzene ring substituents is 1. The lowest BCUT2D eigenvalue weighted by Crippen LogP contribution is -2.02. The molecule has 0 heterocycles. The molecule has 0 aliphatic rings. The fraction of sp³-hybridized carbons (Fsp3) is 0.200. The third kappa shape index (κ3) is 3.27. The summed E-state index contributed by atoms with van der Waals surface area (Å²) in [6, 6.07) is 11.0. The number of anilines is 1. The van der Waals surface area contributed by atoms with Gasteiger partial charge in [-0.1, -0.05) is 35.4 Å². The van der Waals surface area contributed by atoms with Crippen LogP contribution in [-0.4, -0.2) is 4.92 Å². The molecule has 0 spiro atoms. The van der Waals surface area contributed by atoms with Crippen molar-refractivity contribution < 1.29 is 4.92 Å². The summed E-state index contributed by atoms with van der Waals surface area (Å²) in [5.41, 5.74) is 4.14. The Bertz CT molecular complexity index is 656. The van der Waals surface area contributed by atoms with Crippen LogP contribution in [0.2, 0.25) is 5.02 Å². The molecule has 104 valence electrons. The lowest BCUT2D eigenvalue weighted by atomic mass is 10.1. The van der Waals surface area contributed by atoms with Gasteiger partial charge in [-0.15, -0.1) is 0 Å². The minimum absolute atomic E-state index is 0.0855. The lowest BCUT2D eigenvalue weighted by molar-refractivity contribution is -0.384. The maximum Gasteiger partial charge on any atom is 0.289 e. The Hall–Kier alpha value is -2.07. The maximum absolute atomic E-state index is 10.8. The molecule has 0 saturated heterocycles. The van der Waals surface area contributed by atoms with Crippen LogP contribution in [0, 0.1) is 24.0 Å². The highest BCUT2D eigenvalue weighted by atomic mass is 35.5. The largest absolute Gasteiger partial charge is 0.381 e. The molecule has 2 aromatic rings. The fourth-order valence-electron chi connectivity index (χ4n) is 1.95. The summed E-state index contributed by atoms with van der Waals surface area (Å²) in [5.74, 6) is 0. The molecule has 2 rings (SSSR count). The van der Waals surface area contributed by atoms with Gasteiger partial charge in [-0.2, -0.15) is 0 Å². The van der Waals surface area contributed by atoms with Crippen molar-refractivity contribution in [1.82, 2.24) is 0 Å². The number of nitrogens with zero attached hydrogens (tertiary/aromatic N) is 1. The lowest BCUT2D eigenvalue weighted by Gasteiger charge is -2.10. The standard InChI is InChI=1S/C15H15ClN2O2/c1-10-3-4-11(2)12(7-10)9-17-13-5-6-14(16)15(8-13)18(19)20/h3-8,17H,9H2,1-2H3. The van der Waals surface area contributed by atoms with Crippen molar-refractivity contribution >= 4 is 23.0 Å². The molecule has 1 N–H and O–H groups in total. The molecule has 20 heavy (non-hydrogen) atoms. The third-order valence-electron chi connectivity index (χ3n) is 3.13. The molecule has 2 aromatic carbocycles. The van der Waals surface area contributed by atoms with Crippen LogP contribution in [0.1, 0.15) is 16.7 Å². The Morgan fingerprint density at radius 3 is 2.65 bits per heavy atom. The zero-order chi connectivity index (χ0) is 14.7. The van der Waals surface area contributed by atoms with Crippen LogP contribution in [0.15, 0.2) is 36.4 Å². The number of halogens is 1. The smallest absolute Gasteiger partial charge is 0.289 e. The Kier molecular flexibility index (Phi) is 4.25. The van der Waals surface area contributed by atoms with Crippen molar-refractivity contribution in [2.75, 3.05) is 5.32 Å². The fourth-order valence-corrected chi connectivity index (χ4v) is 2.14. The number of aryl methyl sites for hydroxylation is 2. The second-order valence-corrected chi connectivity index (χ2v) is 5.11. The number of nitrogens with one attached hydrogen (secondary N) is 1. The quantitative estimate of drug-likeness (QED) is 0.667. The maximum atomic E-state index is 10.8. The van der Waals surface area contributed by atoms with E-state index in [9.17, 15) is 10.1 Å². The molecular weight excluding hydrogens is 276 g/mol. The highest BCUT2D eigenvalue weighted by Gasteiger charge is 2.12. The minimum Gasteiger partial charge on any atom is -0.381 e. The number of rotatable bonds is 4. The molecule has 0 fully saturated rings. The normalized spacial score (nSPS) is 10.3. The Labute approximate surface area is 122 Å². The molecule has 4 nitrogen and oxygen atoms in total. The van der Waals surface area contributed by atoms with Crippen molar-refractivity contribution in [2.45, 2.75) is 20.4 Å². The number of benzene rings is 2. The van der Waals surface area contributed by atoms with Crippen LogP contribution < -0.4 is 5.32 Å². The van der Waals surface area contributed by atoms with Gasteiger partial charge >= 0.3 is 0 Å². The van der Waals surface area contributed by atoms with Crippen molar-refractivity contribution in [3.8, 4) is 0 Å². The molecular formula is C15H15ClN2O2. The summed E-state index contributed by atoms with van der Waals surface area (Å²) in [7, 11) is 0. The monoisotopic (exact) mass is 290 g/mol. The summed E-state index contributed by atoms with van der Waals surface area (Å²) in [5, 5.41) is 14.2.